The van der Waals surface area contributed by atoms with E-state index in [2.05, 4.69) is 31.3 Å². The van der Waals surface area contributed by atoms with Crippen LogP contribution in [0.1, 0.15) is 57.7 Å². The van der Waals surface area contributed by atoms with Crippen LogP contribution < -0.4 is 15.8 Å². The van der Waals surface area contributed by atoms with Crippen molar-refractivity contribution in [3.63, 3.8) is 0 Å². The summed E-state index contributed by atoms with van der Waals surface area (Å²) in [5.74, 6) is 2.90. The summed E-state index contributed by atoms with van der Waals surface area (Å²) in [7, 11) is 1.65. The number of rotatable bonds is 13. The van der Waals surface area contributed by atoms with E-state index in [4.69, 9.17) is 25.7 Å². The van der Waals surface area contributed by atoms with Gasteiger partial charge < -0.3 is 25.9 Å². The molecule has 4 N–H and O–H groups in total. The SMILES string of the molecule is CCCC(C)C1=C(OC(C)/C(=C\C=C/N)Nc2cc(C=N)n(Cc3ccc(OC)cc3)n2)C=CCC1. The number of anilines is 1. The standard InChI is InChI=1S/C29H39N5O2/c1-5-9-21(2)26-10-6-7-12-28(26)36-22(3)27(11-8-17-30)32-29-18-24(19-31)34(33-29)20-23-13-15-25(35-4)16-14-23/h7-8,11-19,21-22,31H,5-6,9-10,20,30H2,1-4H3,(H,32,33)/b17-8-,27-11+,31-19?. The highest BCUT2D eigenvalue weighted by Crippen LogP contribution is 2.31. The highest BCUT2D eigenvalue weighted by Gasteiger charge is 2.20. The van der Waals surface area contributed by atoms with E-state index in [0.717, 1.165) is 48.5 Å². The second kappa shape index (κ2) is 13.4. The van der Waals surface area contributed by atoms with Crippen LogP contribution in [-0.2, 0) is 11.3 Å². The van der Waals surface area contributed by atoms with Crippen molar-refractivity contribution >= 4 is 12.0 Å². The van der Waals surface area contributed by atoms with Gasteiger partial charge in [0.15, 0.2) is 5.82 Å². The molecule has 0 spiro atoms. The van der Waals surface area contributed by atoms with Crippen molar-refractivity contribution in [2.45, 2.75) is 59.1 Å². The number of hydrogen-bond donors (Lipinski definition) is 3. The fraction of sp³-hybridized carbons (Fsp3) is 0.379. The van der Waals surface area contributed by atoms with Gasteiger partial charge in [0.1, 0.15) is 17.6 Å². The maximum Gasteiger partial charge on any atom is 0.152 e. The average Bonchev–Trinajstić information content (AvgIpc) is 3.28. The Balaban J connectivity index is 1.80. The predicted octanol–water partition coefficient (Wildman–Crippen LogP) is 6.15. The highest BCUT2D eigenvalue weighted by molar-refractivity contribution is 5.76. The van der Waals surface area contributed by atoms with E-state index >= 15 is 0 Å². The summed E-state index contributed by atoms with van der Waals surface area (Å²) in [5, 5.41) is 16.0. The first-order valence-corrected chi connectivity index (χ1v) is 12.6. The van der Waals surface area contributed by atoms with Gasteiger partial charge in [0.2, 0.25) is 0 Å². The predicted molar refractivity (Wildman–Crippen MR) is 147 cm³/mol. The number of allylic oxidation sites excluding steroid dienone is 5. The van der Waals surface area contributed by atoms with E-state index in [1.165, 1.54) is 18.0 Å². The van der Waals surface area contributed by atoms with Gasteiger partial charge in [-0.25, -0.2) is 0 Å². The van der Waals surface area contributed by atoms with E-state index < -0.39 is 0 Å². The van der Waals surface area contributed by atoms with Crippen LogP contribution in [0.2, 0.25) is 0 Å². The Kier molecular flexibility index (Phi) is 9.98. The van der Waals surface area contributed by atoms with Gasteiger partial charge in [-0.3, -0.25) is 4.68 Å². The van der Waals surface area contributed by atoms with Crippen molar-refractivity contribution in [1.29, 1.82) is 5.41 Å². The number of nitrogens with zero attached hydrogens (tertiary/aromatic N) is 2. The third kappa shape index (κ3) is 7.13. The van der Waals surface area contributed by atoms with Crippen LogP contribution >= 0.6 is 0 Å². The number of aromatic nitrogens is 2. The lowest BCUT2D eigenvalue weighted by Crippen LogP contribution is -2.20. The number of ether oxygens (including phenoxy) is 2. The van der Waals surface area contributed by atoms with E-state index in [0.29, 0.717) is 24.0 Å². The Hall–Kier alpha value is -3.74. The molecule has 0 amide bonds. The molecule has 1 aliphatic carbocycles. The summed E-state index contributed by atoms with van der Waals surface area (Å²) in [6.07, 6.45) is 14.9. The molecule has 1 aliphatic rings. The highest BCUT2D eigenvalue weighted by atomic mass is 16.5. The second-order valence-corrected chi connectivity index (χ2v) is 9.02. The monoisotopic (exact) mass is 489 g/mol. The lowest BCUT2D eigenvalue weighted by atomic mass is 9.89. The van der Waals surface area contributed by atoms with Crippen LogP contribution in [0, 0.1) is 11.3 Å². The molecular weight excluding hydrogens is 450 g/mol. The molecule has 7 nitrogen and oxygen atoms in total. The molecule has 7 heteroatoms. The number of nitrogens with two attached hydrogens (primary N) is 1. The lowest BCUT2D eigenvalue weighted by molar-refractivity contribution is 0.164. The molecule has 1 aromatic carbocycles. The molecule has 0 saturated carbocycles. The van der Waals surface area contributed by atoms with E-state index in [9.17, 15) is 0 Å². The quantitative estimate of drug-likeness (QED) is 0.231. The molecule has 0 saturated heterocycles. The van der Waals surface area contributed by atoms with Crippen molar-refractivity contribution in [3.05, 3.63) is 89.1 Å². The van der Waals surface area contributed by atoms with E-state index in [1.54, 1.807) is 17.9 Å². The molecule has 2 unspecified atom stereocenters. The summed E-state index contributed by atoms with van der Waals surface area (Å²) < 4.78 is 13.5. The molecule has 0 bridgehead atoms. The maximum atomic E-state index is 7.86. The first kappa shape index (κ1) is 26.9. The molecule has 0 radical (unpaired) electrons. The van der Waals surface area contributed by atoms with Crippen LogP contribution in [0.5, 0.6) is 5.75 Å². The maximum absolute atomic E-state index is 7.86. The van der Waals surface area contributed by atoms with Crippen LogP contribution in [-0.4, -0.2) is 29.2 Å². The zero-order valence-electron chi connectivity index (χ0n) is 21.8. The summed E-state index contributed by atoms with van der Waals surface area (Å²) in [4.78, 5) is 0. The molecule has 1 aromatic heterocycles. The third-order valence-electron chi connectivity index (χ3n) is 6.33. The van der Waals surface area contributed by atoms with Crippen molar-refractivity contribution in [2.24, 2.45) is 11.7 Å². The molecule has 1 heterocycles. The van der Waals surface area contributed by atoms with Gasteiger partial charge in [0.05, 0.1) is 25.0 Å². The Morgan fingerprint density at radius 3 is 2.72 bits per heavy atom. The van der Waals surface area contributed by atoms with Gasteiger partial charge in [-0.05, 0) is 79.8 Å². The first-order chi connectivity index (χ1) is 17.5. The smallest absolute Gasteiger partial charge is 0.152 e. The third-order valence-corrected chi connectivity index (χ3v) is 6.33. The molecule has 2 atom stereocenters. The van der Waals surface area contributed by atoms with E-state index in [1.807, 2.05) is 43.3 Å². The lowest BCUT2D eigenvalue weighted by Gasteiger charge is -2.26. The second-order valence-electron chi connectivity index (χ2n) is 9.02. The topological polar surface area (TPSA) is 98.2 Å². The number of hydrogen-bond acceptors (Lipinski definition) is 6. The van der Waals surface area contributed by atoms with Gasteiger partial charge in [-0.1, -0.05) is 38.5 Å². The van der Waals surface area contributed by atoms with Crippen molar-refractivity contribution in [2.75, 3.05) is 12.4 Å². The molecule has 3 rings (SSSR count). The Morgan fingerprint density at radius 1 is 1.28 bits per heavy atom. The first-order valence-electron chi connectivity index (χ1n) is 12.6. The van der Waals surface area contributed by atoms with Gasteiger partial charge in [-0.2, -0.15) is 5.10 Å². The minimum Gasteiger partial charge on any atom is -0.497 e. The number of nitrogens with one attached hydrogen (secondary N) is 2. The van der Waals surface area contributed by atoms with Gasteiger partial charge in [0.25, 0.3) is 0 Å². The Labute approximate surface area is 214 Å². The van der Waals surface area contributed by atoms with Gasteiger partial charge >= 0.3 is 0 Å². The fourth-order valence-corrected chi connectivity index (χ4v) is 4.35. The minimum absolute atomic E-state index is 0.252. The normalized spacial score (nSPS) is 15.7. The van der Waals surface area contributed by atoms with Gasteiger partial charge in [0, 0.05) is 12.3 Å². The molecule has 0 fully saturated rings. The van der Waals surface area contributed by atoms with Crippen LogP contribution in [0.4, 0.5) is 5.82 Å². The molecule has 192 valence electrons. The molecule has 36 heavy (non-hydrogen) atoms. The van der Waals surface area contributed by atoms with Crippen molar-refractivity contribution in [1.82, 2.24) is 9.78 Å². The van der Waals surface area contributed by atoms with E-state index in [-0.39, 0.29) is 6.10 Å². The van der Waals surface area contributed by atoms with Crippen LogP contribution in [0.15, 0.2) is 77.9 Å². The fourth-order valence-electron chi connectivity index (χ4n) is 4.35. The zero-order valence-corrected chi connectivity index (χ0v) is 21.8. The van der Waals surface area contributed by atoms with Crippen molar-refractivity contribution in [3.8, 4) is 5.75 Å². The summed E-state index contributed by atoms with van der Waals surface area (Å²) >= 11 is 0. The minimum atomic E-state index is -0.252. The molecular formula is C29H39N5O2. The molecule has 0 aliphatic heterocycles. The van der Waals surface area contributed by atoms with Crippen LogP contribution in [0.25, 0.3) is 0 Å². The summed E-state index contributed by atoms with van der Waals surface area (Å²) in [5.41, 5.74) is 9.61. The number of methoxy groups -OCH3 is 1. The Morgan fingerprint density at radius 2 is 2.06 bits per heavy atom. The summed E-state index contributed by atoms with van der Waals surface area (Å²) in [6.45, 7) is 7.07. The molecule has 2 aromatic rings. The summed E-state index contributed by atoms with van der Waals surface area (Å²) in [6, 6.07) is 9.70. The zero-order chi connectivity index (χ0) is 25.9. The van der Waals surface area contributed by atoms with Crippen molar-refractivity contribution < 1.29 is 9.47 Å². The Bertz CT molecular complexity index is 1130. The van der Waals surface area contributed by atoms with Crippen LogP contribution in [0.3, 0.4) is 0 Å². The largest absolute Gasteiger partial charge is 0.497 e. The average molecular weight is 490 g/mol. The van der Waals surface area contributed by atoms with Gasteiger partial charge in [-0.15, -0.1) is 0 Å². The number of benzene rings is 1.